The van der Waals surface area contributed by atoms with Crippen molar-refractivity contribution in [3.05, 3.63) is 35.7 Å². The molecule has 16 heavy (non-hydrogen) atoms. The van der Waals surface area contributed by atoms with Gasteiger partial charge in [-0.1, -0.05) is 6.07 Å². The van der Waals surface area contributed by atoms with Gasteiger partial charge in [-0.05, 0) is 18.4 Å². The van der Waals surface area contributed by atoms with Crippen molar-refractivity contribution in [1.29, 1.82) is 5.26 Å². The normalized spacial score (nSPS) is 10.2. The number of pyridine rings is 1. The first-order chi connectivity index (χ1) is 7.70. The van der Waals surface area contributed by atoms with Gasteiger partial charge in [0.15, 0.2) is 0 Å². The number of fused-ring (bicyclic) bond motifs is 1. The van der Waals surface area contributed by atoms with Gasteiger partial charge in [-0.3, -0.25) is 0 Å². The second-order valence-electron chi connectivity index (χ2n) is 3.13. The van der Waals surface area contributed by atoms with Gasteiger partial charge in [0.1, 0.15) is 11.8 Å². The molecule has 2 aromatic heterocycles. The maximum absolute atomic E-state index is 11.2. The third-order valence-corrected chi connectivity index (χ3v) is 3.12. The molecule has 0 saturated carbocycles. The number of aromatic carboxylic acids is 1. The molecule has 0 unspecified atom stereocenters. The summed E-state index contributed by atoms with van der Waals surface area (Å²) in [7, 11) is 0. The molecule has 0 atom stereocenters. The minimum atomic E-state index is -1.02. The lowest BCUT2D eigenvalue weighted by Crippen LogP contribution is -2.02. The molecule has 4 nitrogen and oxygen atoms in total. The Balaban J connectivity index is 2.97. The number of carbonyl (C=O) groups is 1. The Morgan fingerprint density at radius 3 is 2.88 bits per heavy atom. The molecule has 0 amide bonds. The molecule has 0 bridgehead atoms. The monoisotopic (exact) mass is 232 g/mol. The highest BCUT2D eigenvalue weighted by Crippen LogP contribution is 2.30. The predicted octanol–water partition coefficient (Wildman–Crippen LogP) is 2.23. The van der Waals surface area contributed by atoms with Crippen LogP contribution in [0.2, 0.25) is 0 Å². The first-order valence-electron chi connectivity index (χ1n) is 4.51. The number of thioether (sulfide) groups is 1. The minimum Gasteiger partial charge on any atom is -0.477 e. The zero-order valence-electron chi connectivity index (χ0n) is 8.47. The van der Waals surface area contributed by atoms with Crippen molar-refractivity contribution in [2.45, 2.75) is 4.90 Å². The van der Waals surface area contributed by atoms with Crippen molar-refractivity contribution in [3.63, 3.8) is 0 Å². The van der Waals surface area contributed by atoms with E-state index >= 15 is 0 Å². The highest BCUT2D eigenvalue weighted by atomic mass is 32.2. The van der Waals surface area contributed by atoms with Crippen LogP contribution in [0.5, 0.6) is 0 Å². The first-order valence-corrected chi connectivity index (χ1v) is 5.73. The smallest absolute Gasteiger partial charge is 0.354 e. The number of nitriles is 1. The van der Waals surface area contributed by atoms with Gasteiger partial charge in [0.05, 0.1) is 16.0 Å². The van der Waals surface area contributed by atoms with Crippen LogP contribution in [0.15, 0.2) is 29.3 Å². The van der Waals surface area contributed by atoms with Crippen LogP contribution in [0, 0.1) is 11.3 Å². The van der Waals surface area contributed by atoms with Crippen molar-refractivity contribution in [2.24, 2.45) is 0 Å². The predicted molar refractivity (Wildman–Crippen MR) is 60.9 cm³/mol. The van der Waals surface area contributed by atoms with Crippen molar-refractivity contribution >= 4 is 23.2 Å². The molecule has 0 saturated heterocycles. The maximum Gasteiger partial charge on any atom is 0.354 e. The molecule has 2 aromatic rings. The van der Waals surface area contributed by atoms with Crippen LogP contribution in [0.25, 0.3) is 5.52 Å². The molecular weight excluding hydrogens is 224 g/mol. The summed E-state index contributed by atoms with van der Waals surface area (Å²) in [6.07, 6.45) is 3.42. The lowest BCUT2D eigenvalue weighted by molar-refractivity contribution is 0.0685. The van der Waals surface area contributed by atoms with E-state index < -0.39 is 5.97 Å². The maximum atomic E-state index is 11.2. The van der Waals surface area contributed by atoms with E-state index in [2.05, 4.69) is 6.07 Å². The van der Waals surface area contributed by atoms with E-state index in [1.165, 1.54) is 16.2 Å². The first kappa shape index (κ1) is 10.6. The molecule has 0 radical (unpaired) electrons. The number of carboxylic acid groups (broad SMARTS) is 1. The fourth-order valence-electron chi connectivity index (χ4n) is 1.69. The fourth-order valence-corrected chi connectivity index (χ4v) is 2.43. The summed E-state index contributed by atoms with van der Waals surface area (Å²) in [6, 6.07) is 7.32. The number of nitrogens with zero attached hydrogens (tertiary/aromatic N) is 2. The number of hydrogen-bond donors (Lipinski definition) is 1. The molecule has 0 aliphatic heterocycles. The summed E-state index contributed by atoms with van der Waals surface area (Å²) in [4.78, 5) is 11.7. The van der Waals surface area contributed by atoms with E-state index in [9.17, 15) is 4.79 Å². The molecule has 5 heteroatoms. The Morgan fingerprint density at radius 2 is 2.31 bits per heavy atom. The molecule has 1 N–H and O–H groups in total. The Morgan fingerprint density at radius 1 is 1.56 bits per heavy atom. The topological polar surface area (TPSA) is 65.5 Å². The van der Waals surface area contributed by atoms with Crippen molar-refractivity contribution in [1.82, 2.24) is 4.40 Å². The second kappa shape index (κ2) is 3.91. The number of rotatable bonds is 2. The van der Waals surface area contributed by atoms with Gasteiger partial charge in [0.25, 0.3) is 0 Å². The highest BCUT2D eigenvalue weighted by Gasteiger charge is 2.21. The lowest BCUT2D eigenvalue weighted by atomic mass is 10.3. The van der Waals surface area contributed by atoms with Crippen LogP contribution in [-0.2, 0) is 0 Å². The zero-order valence-corrected chi connectivity index (χ0v) is 9.28. The van der Waals surface area contributed by atoms with Crippen molar-refractivity contribution in [3.8, 4) is 6.07 Å². The molecule has 0 aromatic carbocycles. The van der Waals surface area contributed by atoms with Gasteiger partial charge in [0.2, 0.25) is 0 Å². The summed E-state index contributed by atoms with van der Waals surface area (Å²) < 4.78 is 1.53. The van der Waals surface area contributed by atoms with E-state index in [0.29, 0.717) is 16.0 Å². The third kappa shape index (κ3) is 1.35. The van der Waals surface area contributed by atoms with Crippen LogP contribution in [-0.4, -0.2) is 21.7 Å². The summed E-state index contributed by atoms with van der Waals surface area (Å²) in [5.74, 6) is -1.02. The van der Waals surface area contributed by atoms with Crippen molar-refractivity contribution < 1.29 is 9.90 Å². The average Bonchev–Trinajstić information content (AvgIpc) is 2.62. The fraction of sp³-hybridized carbons (Fsp3) is 0.0909. The second-order valence-corrected chi connectivity index (χ2v) is 3.95. The van der Waals surface area contributed by atoms with Crippen LogP contribution >= 0.6 is 11.8 Å². The van der Waals surface area contributed by atoms with E-state index in [1.807, 2.05) is 0 Å². The summed E-state index contributed by atoms with van der Waals surface area (Å²) in [5, 5.41) is 18.2. The van der Waals surface area contributed by atoms with Crippen LogP contribution < -0.4 is 0 Å². The van der Waals surface area contributed by atoms with Gasteiger partial charge in [0, 0.05) is 6.20 Å². The average molecular weight is 232 g/mol. The van der Waals surface area contributed by atoms with E-state index in [4.69, 9.17) is 10.4 Å². The Bertz CT molecular complexity index is 610. The molecule has 80 valence electrons. The van der Waals surface area contributed by atoms with Crippen molar-refractivity contribution in [2.75, 3.05) is 6.26 Å². The molecule has 2 heterocycles. The zero-order chi connectivity index (χ0) is 11.7. The largest absolute Gasteiger partial charge is 0.477 e. The summed E-state index contributed by atoms with van der Waals surface area (Å²) in [5.41, 5.74) is 1.21. The molecule has 0 aliphatic rings. The molecule has 0 fully saturated rings. The molecule has 2 rings (SSSR count). The third-order valence-electron chi connectivity index (χ3n) is 2.32. The van der Waals surface area contributed by atoms with E-state index in [-0.39, 0.29) is 5.69 Å². The van der Waals surface area contributed by atoms with Gasteiger partial charge >= 0.3 is 5.97 Å². The number of aromatic nitrogens is 1. The summed E-state index contributed by atoms with van der Waals surface area (Å²) in [6.45, 7) is 0. The van der Waals surface area contributed by atoms with Crippen LogP contribution in [0.3, 0.4) is 0 Å². The van der Waals surface area contributed by atoms with Gasteiger partial charge in [-0.2, -0.15) is 5.26 Å². The quantitative estimate of drug-likeness (QED) is 0.806. The Labute approximate surface area is 96.1 Å². The SMILES string of the molecule is CSc1c(C#N)c2ccccn2c1C(=O)O. The number of carboxylic acids is 1. The van der Waals surface area contributed by atoms with Gasteiger partial charge in [-0.25, -0.2) is 4.79 Å². The Hall–Kier alpha value is -1.93. The van der Waals surface area contributed by atoms with Crippen LogP contribution in [0.4, 0.5) is 0 Å². The lowest BCUT2D eigenvalue weighted by Gasteiger charge is -1.97. The minimum absolute atomic E-state index is 0.152. The summed E-state index contributed by atoms with van der Waals surface area (Å²) >= 11 is 1.28. The standard InChI is InChI=1S/C11H8N2O2S/c1-16-10-7(6-12)8-4-2-3-5-13(8)9(10)11(14)15/h2-5H,1H3,(H,14,15). The highest BCUT2D eigenvalue weighted by molar-refractivity contribution is 7.98. The van der Waals surface area contributed by atoms with E-state index in [1.54, 1.807) is 30.7 Å². The Kier molecular flexibility index (Phi) is 2.59. The molecule has 0 aliphatic carbocycles. The van der Waals surface area contributed by atoms with Gasteiger partial charge in [-0.15, -0.1) is 11.8 Å². The number of hydrogen-bond acceptors (Lipinski definition) is 3. The van der Waals surface area contributed by atoms with Crippen LogP contribution in [0.1, 0.15) is 16.1 Å². The van der Waals surface area contributed by atoms with Gasteiger partial charge < -0.3 is 9.51 Å². The molecule has 0 spiro atoms. The van der Waals surface area contributed by atoms with E-state index in [0.717, 1.165) is 0 Å². The molecular formula is C11H8N2O2S.